The molecule has 1 aliphatic heterocycles. The molecule has 168 valence electrons. The molecule has 2 N–H and O–H groups in total. The third kappa shape index (κ3) is 4.90. The molecule has 1 fully saturated rings. The molecule has 0 spiro atoms. The highest BCUT2D eigenvalue weighted by Gasteiger charge is 2.42. The normalized spacial score (nSPS) is 17.6. The molecule has 1 aromatic carbocycles. The first-order valence-electron chi connectivity index (χ1n) is 10.1. The smallest absolute Gasteiger partial charge is 0.384 e. The predicted octanol–water partition coefficient (Wildman–Crippen LogP) is 2.12. The largest absolute Gasteiger partial charge is 0.393 e. The van der Waals surface area contributed by atoms with E-state index in [0.29, 0.717) is 13.0 Å². The number of benzene rings is 1. The van der Waals surface area contributed by atoms with Crippen LogP contribution in [0.1, 0.15) is 35.7 Å². The van der Waals surface area contributed by atoms with Gasteiger partial charge in [-0.25, -0.2) is 4.79 Å². The number of alkyl halides is 3. The Morgan fingerprint density at radius 1 is 1.16 bits per heavy atom. The van der Waals surface area contributed by atoms with Gasteiger partial charge in [-0.15, -0.1) is 0 Å². The highest BCUT2D eigenvalue weighted by atomic mass is 19.4. The molecule has 2 aromatic rings. The van der Waals surface area contributed by atoms with Gasteiger partial charge in [0.1, 0.15) is 11.4 Å². The zero-order valence-corrected chi connectivity index (χ0v) is 17.2. The standard InChI is InChI=1S/C21H25F3N4O3/c1-2-27-19(30)17(16(29)13-26-10-6-9-15(12-26)21(22,23)24)18(25)28(20(27)31)11-14-7-4-3-5-8-14/h3-5,7-8,15H,2,6,9-13,25H2,1H3. The van der Waals surface area contributed by atoms with Crippen LogP contribution in [0.3, 0.4) is 0 Å². The van der Waals surface area contributed by atoms with Gasteiger partial charge in [0.15, 0.2) is 5.78 Å². The molecule has 1 atom stereocenters. The fraction of sp³-hybridized carbons (Fsp3) is 0.476. The molecule has 1 aliphatic rings. The van der Waals surface area contributed by atoms with E-state index in [-0.39, 0.29) is 44.0 Å². The van der Waals surface area contributed by atoms with Gasteiger partial charge in [-0.3, -0.25) is 23.6 Å². The number of hydrogen-bond donors (Lipinski definition) is 1. The first-order chi connectivity index (χ1) is 14.6. The molecule has 0 amide bonds. The van der Waals surface area contributed by atoms with E-state index in [1.54, 1.807) is 31.2 Å². The van der Waals surface area contributed by atoms with Gasteiger partial charge in [0.2, 0.25) is 0 Å². The van der Waals surface area contributed by atoms with Crippen LogP contribution in [0.5, 0.6) is 0 Å². The van der Waals surface area contributed by atoms with E-state index in [9.17, 15) is 27.6 Å². The fourth-order valence-electron chi connectivity index (χ4n) is 3.92. The number of anilines is 1. The number of aromatic nitrogens is 2. The Hall–Kier alpha value is -2.88. The van der Waals surface area contributed by atoms with Gasteiger partial charge in [0.25, 0.3) is 5.56 Å². The second kappa shape index (κ2) is 9.09. The summed E-state index contributed by atoms with van der Waals surface area (Å²) in [5.74, 6) is -2.46. The van der Waals surface area contributed by atoms with Gasteiger partial charge < -0.3 is 5.73 Å². The van der Waals surface area contributed by atoms with E-state index in [1.807, 2.05) is 6.07 Å². The number of piperidine rings is 1. The maximum Gasteiger partial charge on any atom is 0.393 e. The van der Waals surface area contributed by atoms with Crippen molar-refractivity contribution in [2.24, 2.45) is 5.92 Å². The quantitative estimate of drug-likeness (QED) is 0.698. The molecule has 1 unspecified atom stereocenters. The molecule has 0 radical (unpaired) electrons. The lowest BCUT2D eigenvalue weighted by Gasteiger charge is -2.33. The van der Waals surface area contributed by atoms with Gasteiger partial charge in [0, 0.05) is 13.1 Å². The summed E-state index contributed by atoms with van der Waals surface area (Å²) in [7, 11) is 0. The van der Waals surface area contributed by atoms with Crippen molar-refractivity contribution in [2.45, 2.75) is 39.0 Å². The topological polar surface area (TPSA) is 90.3 Å². The van der Waals surface area contributed by atoms with Crippen molar-refractivity contribution in [2.75, 3.05) is 25.4 Å². The number of carbonyl (C=O) groups is 1. The highest BCUT2D eigenvalue weighted by molar-refractivity contribution is 6.01. The van der Waals surface area contributed by atoms with Crippen LogP contribution in [-0.4, -0.2) is 45.6 Å². The fourth-order valence-corrected chi connectivity index (χ4v) is 3.92. The third-order valence-corrected chi connectivity index (χ3v) is 5.58. The van der Waals surface area contributed by atoms with Crippen molar-refractivity contribution in [3.63, 3.8) is 0 Å². The summed E-state index contributed by atoms with van der Waals surface area (Å²) in [5.41, 5.74) is 5.03. The first kappa shape index (κ1) is 22.8. The van der Waals surface area contributed by atoms with Crippen LogP contribution in [0, 0.1) is 5.92 Å². The molecule has 1 aromatic heterocycles. The average molecular weight is 438 g/mol. The number of carbonyl (C=O) groups excluding carboxylic acids is 1. The van der Waals surface area contributed by atoms with Gasteiger partial charge in [-0.2, -0.15) is 13.2 Å². The Bertz CT molecular complexity index is 1060. The maximum atomic E-state index is 13.1. The van der Waals surface area contributed by atoms with Crippen LogP contribution in [0.2, 0.25) is 0 Å². The van der Waals surface area contributed by atoms with E-state index in [4.69, 9.17) is 5.73 Å². The number of ketones is 1. The number of Topliss-reactive ketones (excluding diaryl/α,β-unsaturated/α-hetero) is 1. The lowest BCUT2D eigenvalue weighted by Crippen LogP contribution is -2.47. The Morgan fingerprint density at radius 2 is 1.84 bits per heavy atom. The number of nitrogen functional groups attached to an aromatic ring is 1. The molecular formula is C21H25F3N4O3. The molecule has 0 bridgehead atoms. The molecule has 31 heavy (non-hydrogen) atoms. The number of nitrogens with zero attached hydrogens (tertiary/aromatic N) is 3. The number of likely N-dealkylation sites (tertiary alicyclic amines) is 1. The minimum Gasteiger partial charge on any atom is -0.384 e. The summed E-state index contributed by atoms with van der Waals surface area (Å²) in [6.07, 6.45) is -4.01. The summed E-state index contributed by atoms with van der Waals surface area (Å²) in [6.45, 7) is 1.35. The number of halogens is 3. The minimum atomic E-state index is -4.33. The van der Waals surface area contributed by atoms with E-state index >= 15 is 0 Å². The molecular weight excluding hydrogens is 413 g/mol. The van der Waals surface area contributed by atoms with Crippen molar-refractivity contribution in [1.29, 1.82) is 0 Å². The number of rotatable bonds is 6. The molecule has 3 rings (SSSR count). The molecule has 10 heteroatoms. The summed E-state index contributed by atoms with van der Waals surface area (Å²) in [5, 5.41) is 0. The van der Waals surface area contributed by atoms with E-state index in [0.717, 1.165) is 14.7 Å². The van der Waals surface area contributed by atoms with Crippen molar-refractivity contribution in [3.05, 3.63) is 62.3 Å². The third-order valence-electron chi connectivity index (χ3n) is 5.58. The molecule has 2 heterocycles. The van der Waals surface area contributed by atoms with E-state index < -0.39 is 29.1 Å². The average Bonchev–Trinajstić information content (AvgIpc) is 2.72. The zero-order valence-electron chi connectivity index (χ0n) is 17.2. The molecule has 0 aliphatic carbocycles. The summed E-state index contributed by atoms with van der Waals surface area (Å²) in [4.78, 5) is 39.9. The Labute approximate surface area is 176 Å². The zero-order chi connectivity index (χ0) is 22.8. The number of hydrogen-bond acceptors (Lipinski definition) is 5. The Balaban J connectivity index is 1.94. The molecule has 0 saturated carbocycles. The lowest BCUT2D eigenvalue weighted by atomic mass is 9.97. The van der Waals surface area contributed by atoms with E-state index in [2.05, 4.69) is 0 Å². The van der Waals surface area contributed by atoms with Crippen LogP contribution in [0.15, 0.2) is 39.9 Å². The van der Waals surface area contributed by atoms with Gasteiger partial charge in [-0.1, -0.05) is 30.3 Å². The van der Waals surface area contributed by atoms with Crippen molar-refractivity contribution >= 4 is 11.6 Å². The van der Waals surface area contributed by atoms with Gasteiger partial charge in [0.05, 0.1) is 19.0 Å². The second-order valence-electron chi connectivity index (χ2n) is 7.70. The van der Waals surface area contributed by atoms with Crippen LogP contribution in [-0.2, 0) is 13.1 Å². The van der Waals surface area contributed by atoms with Crippen LogP contribution < -0.4 is 17.0 Å². The predicted molar refractivity (Wildman–Crippen MR) is 110 cm³/mol. The van der Waals surface area contributed by atoms with Gasteiger partial charge >= 0.3 is 11.9 Å². The van der Waals surface area contributed by atoms with Crippen molar-refractivity contribution in [3.8, 4) is 0 Å². The highest BCUT2D eigenvalue weighted by Crippen LogP contribution is 2.33. The van der Waals surface area contributed by atoms with Crippen LogP contribution >= 0.6 is 0 Å². The molecule has 7 nitrogen and oxygen atoms in total. The lowest BCUT2D eigenvalue weighted by molar-refractivity contribution is -0.186. The Kier molecular flexibility index (Phi) is 6.68. The Morgan fingerprint density at radius 3 is 2.45 bits per heavy atom. The van der Waals surface area contributed by atoms with E-state index in [1.165, 1.54) is 4.90 Å². The van der Waals surface area contributed by atoms with Crippen LogP contribution in [0.4, 0.5) is 19.0 Å². The van der Waals surface area contributed by atoms with Crippen molar-refractivity contribution < 1.29 is 18.0 Å². The SMILES string of the molecule is CCn1c(=O)c(C(=O)CN2CCCC(C(F)(F)F)C2)c(N)n(Cc2ccccc2)c1=O. The number of nitrogens with two attached hydrogens (primary N) is 1. The van der Waals surface area contributed by atoms with Gasteiger partial charge in [-0.05, 0) is 31.9 Å². The summed E-state index contributed by atoms with van der Waals surface area (Å²) < 4.78 is 41.3. The van der Waals surface area contributed by atoms with Crippen LogP contribution in [0.25, 0.3) is 0 Å². The first-order valence-corrected chi connectivity index (χ1v) is 10.1. The monoisotopic (exact) mass is 438 g/mol. The summed E-state index contributed by atoms with van der Waals surface area (Å²) in [6, 6.07) is 8.93. The second-order valence-corrected chi connectivity index (χ2v) is 7.70. The summed E-state index contributed by atoms with van der Waals surface area (Å²) >= 11 is 0. The minimum absolute atomic E-state index is 0.0148. The molecule has 1 saturated heterocycles. The maximum absolute atomic E-state index is 13.1. The van der Waals surface area contributed by atoms with Crippen molar-refractivity contribution in [1.82, 2.24) is 14.0 Å².